The Morgan fingerprint density at radius 1 is 0.973 bits per heavy atom. The van der Waals surface area contributed by atoms with Gasteiger partial charge in [0.05, 0.1) is 5.69 Å². The monoisotopic (exact) mass is 496 g/mol. The van der Waals surface area contributed by atoms with Gasteiger partial charge in [-0.15, -0.1) is 0 Å². The molecule has 2 N–H and O–H groups in total. The maximum Gasteiger partial charge on any atom is 0.284 e. The lowest BCUT2D eigenvalue weighted by atomic mass is 9.99. The molecule has 0 bridgehead atoms. The van der Waals surface area contributed by atoms with Gasteiger partial charge in [-0.1, -0.05) is 49.4 Å². The molecule has 0 unspecified atom stereocenters. The molecule has 7 nitrogen and oxygen atoms in total. The predicted octanol–water partition coefficient (Wildman–Crippen LogP) is 4.68. The molecule has 3 aromatic carbocycles. The molecule has 2 aromatic heterocycles. The summed E-state index contributed by atoms with van der Waals surface area (Å²) in [6.07, 6.45) is 3.93. The Hall–Kier alpha value is -4.14. The quantitative estimate of drug-likeness (QED) is 0.337. The van der Waals surface area contributed by atoms with Crippen molar-refractivity contribution >= 4 is 11.2 Å². The van der Waals surface area contributed by atoms with Crippen LogP contribution in [-0.4, -0.2) is 37.6 Å². The van der Waals surface area contributed by atoms with E-state index in [2.05, 4.69) is 34.9 Å². The lowest BCUT2D eigenvalue weighted by Gasteiger charge is -2.18. The summed E-state index contributed by atoms with van der Waals surface area (Å²) in [5, 5.41) is 0. The minimum absolute atomic E-state index is 0.132. The number of aromatic nitrogens is 4. The van der Waals surface area contributed by atoms with Crippen LogP contribution in [-0.2, 0) is 13.1 Å². The van der Waals surface area contributed by atoms with Crippen molar-refractivity contribution in [2.75, 3.05) is 13.6 Å². The largest absolute Gasteiger partial charge is 0.326 e. The summed E-state index contributed by atoms with van der Waals surface area (Å²) in [7, 11) is 2.08. The van der Waals surface area contributed by atoms with Crippen LogP contribution in [0.3, 0.4) is 0 Å². The first-order valence-electron chi connectivity index (χ1n) is 12.3. The van der Waals surface area contributed by atoms with Gasteiger partial charge in [0.1, 0.15) is 18.5 Å². The van der Waals surface area contributed by atoms with Gasteiger partial charge in [0.15, 0.2) is 11.2 Å². The highest BCUT2D eigenvalue weighted by molar-refractivity contribution is 5.73. The predicted molar refractivity (Wildman–Crippen MR) is 144 cm³/mol. The van der Waals surface area contributed by atoms with Gasteiger partial charge in [0.25, 0.3) is 5.56 Å². The van der Waals surface area contributed by atoms with E-state index in [0.717, 1.165) is 47.5 Å². The smallest absolute Gasteiger partial charge is 0.284 e. The molecule has 0 spiro atoms. The van der Waals surface area contributed by atoms with E-state index in [9.17, 15) is 4.79 Å². The van der Waals surface area contributed by atoms with Crippen molar-refractivity contribution in [1.82, 2.24) is 24.0 Å². The van der Waals surface area contributed by atoms with Crippen LogP contribution in [0.5, 0.6) is 0 Å². The fourth-order valence-electron chi connectivity index (χ4n) is 4.67. The average Bonchev–Trinajstić information content (AvgIpc) is 3.35. The zero-order valence-corrected chi connectivity index (χ0v) is 20.9. The van der Waals surface area contributed by atoms with E-state index in [4.69, 9.17) is 5.73 Å². The van der Waals surface area contributed by atoms with Crippen molar-refractivity contribution in [2.24, 2.45) is 5.73 Å². The molecule has 5 rings (SSSR count). The fraction of sp³-hybridized carbons (Fsp3) is 0.207. The second kappa shape index (κ2) is 10.5. The Morgan fingerprint density at radius 3 is 2.51 bits per heavy atom. The van der Waals surface area contributed by atoms with E-state index in [0.29, 0.717) is 12.2 Å². The zero-order valence-electron chi connectivity index (χ0n) is 20.9. The van der Waals surface area contributed by atoms with Gasteiger partial charge < -0.3 is 10.6 Å². The molecular weight excluding hydrogens is 467 g/mol. The van der Waals surface area contributed by atoms with Crippen LogP contribution in [0.1, 0.15) is 24.5 Å². The number of halogens is 1. The average molecular weight is 497 g/mol. The first-order chi connectivity index (χ1) is 18.0. The molecule has 0 atom stereocenters. The second-order valence-electron chi connectivity index (χ2n) is 9.14. The van der Waals surface area contributed by atoms with Crippen molar-refractivity contribution in [3.8, 4) is 22.5 Å². The molecule has 0 radical (unpaired) electrons. The summed E-state index contributed by atoms with van der Waals surface area (Å²) < 4.78 is 18.4. The van der Waals surface area contributed by atoms with Crippen LogP contribution in [0.4, 0.5) is 4.39 Å². The molecule has 37 heavy (non-hydrogen) atoms. The molecule has 0 saturated carbocycles. The highest BCUT2D eigenvalue weighted by Crippen LogP contribution is 2.27. The van der Waals surface area contributed by atoms with Gasteiger partial charge in [-0.05, 0) is 66.5 Å². The summed E-state index contributed by atoms with van der Waals surface area (Å²) in [5.74, 6) is -0.506. The topological polar surface area (TPSA) is 82.0 Å². The summed E-state index contributed by atoms with van der Waals surface area (Å²) in [5.41, 5.74) is 10.6. The summed E-state index contributed by atoms with van der Waals surface area (Å²) in [4.78, 5) is 24.4. The Labute approximate surface area is 214 Å². The molecular formula is C29H29FN6O. The zero-order chi connectivity index (χ0) is 25.9. The van der Waals surface area contributed by atoms with E-state index < -0.39 is 11.4 Å². The van der Waals surface area contributed by atoms with Gasteiger partial charge in [-0.25, -0.2) is 14.4 Å². The number of nitrogens with zero attached hydrogens (tertiary/aromatic N) is 5. The number of rotatable bonds is 8. The van der Waals surface area contributed by atoms with E-state index in [1.807, 2.05) is 48.5 Å². The van der Waals surface area contributed by atoms with Gasteiger partial charge in [-0.3, -0.25) is 13.9 Å². The molecule has 8 heteroatoms. The highest BCUT2D eigenvalue weighted by Gasteiger charge is 2.17. The van der Waals surface area contributed by atoms with Crippen LogP contribution in [0.25, 0.3) is 33.7 Å². The SMILES string of the molecule is CCCN(C)Cc1ccccc1-c1ccc(-n2cnc3ncn(-c4cccc(CN)c4)c3c2=O)c(F)c1. The third-order valence-corrected chi connectivity index (χ3v) is 6.47. The Bertz CT molecular complexity index is 1620. The number of hydrogen-bond donors (Lipinski definition) is 1. The summed E-state index contributed by atoms with van der Waals surface area (Å²) in [6.45, 7) is 4.27. The highest BCUT2D eigenvalue weighted by atomic mass is 19.1. The van der Waals surface area contributed by atoms with Crippen LogP contribution in [0, 0.1) is 5.82 Å². The van der Waals surface area contributed by atoms with E-state index >= 15 is 4.39 Å². The molecule has 188 valence electrons. The van der Waals surface area contributed by atoms with Gasteiger partial charge >= 0.3 is 0 Å². The lowest BCUT2D eigenvalue weighted by Crippen LogP contribution is -2.21. The molecule has 0 aliphatic carbocycles. The normalized spacial score (nSPS) is 11.5. The number of hydrogen-bond acceptors (Lipinski definition) is 5. The summed E-state index contributed by atoms with van der Waals surface area (Å²) in [6, 6.07) is 20.5. The number of nitrogens with two attached hydrogens (primary N) is 1. The molecule has 0 aliphatic rings. The Morgan fingerprint density at radius 2 is 1.76 bits per heavy atom. The minimum atomic E-state index is -0.506. The van der Waals surface area contributed by atoms with Crippen LogP contribution < -0.4 is 11.3 Å². The Balaban J connectivity index is 1.56. The van der Waals surface area contributed by atoms with Crippen molar-refractivity contribution in [1.29, 1.82) is 0 Å². The number of fused-ring (bicyclic) bond motifs is 1. The van der Waals surface area contributed by atoms with Crippen molar-refractivity contribution in [2.45, 2.75) is 26.4 Å². The standard InChI is InChI=1S/C29H29FN6O/c1-3-13-34(2)17-22-8-4-5-10-24(22)21-11-12-26(25(30)15-21)36-19-33-28-27(29(36)37)35(18-32-28)23-9-6-7-20(14-23)16-31/h4-12,14-15,18-19H,3,13,16-17,31H2,1-2H3. The first-order valence-corrected chi connectivity index (χ1v) is 12.3. The van der Waals surface area contributed by atoms with Crippen molar-refractivity contribution in [3.05, 3.63) is 107 Å². The molecule has 0 fully saturated rings. The van der Waals surface area contributed by atoms with E-state index in [-0.39, 0.29) is 11.2 Å². The fourth-order valence-corrected chi connectivity index (χ4v) is 4.67. The van der Waals surface area contributed by atoms with Gasteiger partial charge in [-0.2, -0.15) is 0 Å². The third kappa shape index (κ3) is 4.81. The first kappa shape index (κ1) is 24.5. The van der Waals surface area contributed by atoms with Gasteiger partial charge in [0.2, 0.25) is 0 Å². The maximum atomic E-state index is 15.5. The number of benzene rings is 3. The summed E-state index contributed by atoms with van der Waals surface area (Å²) >= 11 is 0. The molecule has 0 saturated heterocycles. The molecule has 5 aromatic rings. The van der Waals surface area contributed by atoms with Crippen LogP contribution in [0.2, 0.25) is 0 Å². The number of imidazole rings is 1. The van der Waals surface area contributed by atoms with Crippen molar-refractivity contribution in [3.63, 3.8) is 0 Å². The molecule has 0 aliphatic heterocycles. The van der Waals surface area contributed by atoms with E-state index in [1.165, 1.54) is 17.0 Å². The van der Waals surface area contributed by atoms with Gasteiger partial charge in [0, 0.05) is 18.8 Å². The Kier molecular flexibility index (Phi) is 6.94. The lowest BCUT2D eigenvalue weighted by molar-refractivity contribution is 0.328. The second-order valence-corrected chi connectivity index (χ2v) is 9.14. The van der Waals surface area contributed by atoms with Crippen LogP contribution >= 0.6 is 0 Å². The van der Waals surface area contributed by atoms with E-state index in [1.54, 1.807) is 17.0 Å². The molecule has 2 heterocycles. The van der Waals surface area contributed by atoms with Crippen LogP contribution in [0.15, 0.2) is 84.2 Å². The van der Waals surface area contributed by atoms with Crippen molar-refractivity contribution < 1.29 is 4.39 Å². The third-order valence-electron chi connectivity index (χ3n) is 6.47. The maximum absolute atomic E-state index is 15.5. The minimum Gasteiger partial charge on any atom is -0.326 e. The molecule has 0 amide bonds.